The number of hydrogen-bond donors (Lipinski definition) is 1. The van der Waals surface area contributed by atoms with Crippen LogP contribution in [-0.2, 0) is 14.3 Å². The van der Waals surface area contributed by atoms with E-state index in [1.807, 2.05) is 7.05 Å². The molecule has 0 radical (unpaired) electrons. The van der Waals surface area contributed by atoms with Crippen LogP contribution in [0.4, 0.5) is 0 Å². The van der Waals surface area contributed by atoms with Crippen LogP contribution in [0.15, 0.2) is 0 Å². The third-order valence-electron chi connectivity index (χ3n) is 4.19. The van der Waals surface area contributed by atoms with E-state index < -0.39 is 12.1 Å². The molecule has 0 bridgehead atoms. The maximum absolute atomic E-state index is 12.6. The van der Waals surface area contributed by atoms with Crippen molar-refractivity contribution in [1.82, 2.24) is 15.1 Å². The van der Waals surface area contributed by atoms with Crippen LogP contribution in [0.2, 0.25) is 0 Å². The molecule has 2 aliphatic heterocycles. The second-order valence-electron chi connectivity index (χ2n) is 6.61. The van der Waals surface area contributed by atoms with E-state index in [2.05, 4.69) is 24.1 Å². The molecule has 2 heterocycles. The van der Waals surface area contributed by atoms with Crippen molar-refractivity contribution in [3.05, 3.63) is 0 Å². The number of rotatable bonds is 4. The maximum Gasteiger partial charge on any atom is 0.245 e. The molecule has 120 valence electrons. The predicted molar refractivity (Wildman–Crippen MR) is 79.8 cm³/mol. The lowest BCUT2D eigenvalue weighted by Crippen LogP contribution is -2.64. The van der Waals surface area contributed by atoms with E-state index in [4.69, 9.17) is 4.74 Å². The molecule has 0 aromatic carbocycles. The van der Waals surface area contributed by atoms with E-state index in [1.54, 1.807) is 11.8 Å². The van der Waals surface area contributed by atoms with Crippen molar-refractivity contribution in [3.63, 3.8) is 0 Å². The number of amides is 2. The van der Waals surface area contributed by atoms with Crippen molar-refractivity contribution in [2.45, 2.75) is 45.4 Å². The van der Waals surface area contributed by atoms with Crippen LogP contribution in [0, 0.1) is 5.92 Å². The number of carbonyl (C=O) groups excluding carboxylic acids is 2. The molecule has 2 saturated heterocycles. The fraction of sp³-hybridized carbons (Fsp3) is 0.867. The lowest BCUT2D eigenvalue weighted by Gasteiger charge is -2.41. The summed E-state index contributed by atoms with van der Waals surface area (Å²) in [5.74, 6) is 0.323. The minimum Gasteiger partial charge on any atom is -0.374 e. The van der Waals surface area contributed by atoms with Gasteiger partial charge in [-0.05, 0) is 26.3 Å². The molecule has 0 spiro atoms. The highest BCUT2D eigenvalue weighted by Gasteiger charge is 2.39. The van der Waals surface area contributed by atoms with E-state index in [-0.39, 0.29) is 17.9 Å². The first-order valence-electron chi connectivity index (χ1n) is 7.79. The van der Waals surface area contributed by atoms with Crippen molar-refractivity contribution in [1.29, 1.82) is 0 Å². The van der Waals surface area contributed by atoms with Crippen molar-refractivity contribution in [2.24, 2.45) is 5.92 Å². The van der Waals surface area contributed by atoms with Crippen LogP contribution in [0.25, 0.3) is 0 Å². The third-order valence-corrected chi connectivity index (χ3v) is 4.19. The molecule has 2 rings (SSSR count). The topological polar surface area (TPSA) is 61.9 Å². The number of nitrogens with one attached hydrogen (secondary N) is 1. The van der Waals surface area contributed by atoms with E-state index in [9.17, 15) is 9.59 Å². The summed E-state index contributed by atoms with van der Waals surface area (Å²) in [7, 11) is 2.05. The molecule has 2 amide bonds. The normalized spacial score (nSPS) is 31.7. The Labute approximate surface area is 126 Å². The molecule has 6 nitrogen and oxygen atoms in total. The molecule has 3 unspecified atom stereocenters. The Morgan fingerprint density at radius 1 is 1.38 bits per heavy atom. The van der Waals surface area contributed by atoms with Gasteiger partial charge in [0.25, 0.3) is 0 Å². The summed E-state index contributed by atoms with van der Waals surface area (Å²) >= 11 is 0. The van der Waals surface area contributed by atoms with Crippen molar-refractivity contribution in [2.75, 3.05) is 33.3 Å². The molecular formula is C15H27N3O3. The van der Waals surface area contributed by atoms with Gasteiger partial charge in [-0.15, -0.1) is 0 Å². The van der Waals surface area contributed by atoms with Crippen molar-refractivity contribution >= 4 is 11.8 Å². The van der Waals surface area contributed by atoms with Crippen molar-refractivity contribution in [3.8, 4) is 0 Å². The molecular weight excluding hydrogens is 270 g/mol. The largest absolute Gasteiger partial charge is 0.374 e. The quantitative estimate of drug-likeness (QED) is 0.798. The fourth-order valence-corrected chi connectivity index (χ4v) is 2.96. The van der Waals surface area contributed by atoms with Gasteiger partial charge >= 0.3 is 0 Å². The summed E-state index contributed by atoms with van der Waals surface area (Å²) in [6.45, 7) is 8.78. The second kappa shape index (κ2) is 6.75. The standard InChI is InChI=1S/C15H27N3O3/c1-10(2)7-13-15(20)18(11(3)14(19)16-13)9-12-8-17(4)5-6-21-12/h10-13H,5-9H2,1-4H3,(H,16,19). The predicted octanol–water partition coefficient (Wildman–Crippen LogP) is 0.0786. The Hall–Kier alpha value is -1.14. The van der Waals surface area contributed by atoms with E-state index in [1.165, 1.54) is 0 Å². The van der Waals surface area contributed by atoms with Crippen LogP contribution in [0.5, 0.6) is 0 Å². The number of likely N-dealkylation sites (N-methyl/N-ethyl adjacent to an activating group) is 1. The van der Waals surface area contributed by atoms with Crippen LogP contribution in [0.3, 0.4) is 0 Å². The highest BCUT2D eigenvalue weighted by Crippen LogP contribution is 2.17. The van der Waals surface area contributed by atoms with Gasteiger partial charge in [-0.2, -0.15) is 0 Å². The molecule has 21 heavy (non-hydrogen) atoms. The van der Waals surface area contributed by atoms with Crippen LogP contribution in [-0.4, -0.2) is 73.1 Å². The van der Waals surface area contributed by atoms with Gasteiger partial charge in [-0.3, -0.25) is 9.59 Å². The number of carbonyl (C=O) groups is 2. The molecule has 0 aliphatic carbocycles. The zero-order valence-corrected chi connectivity index (χ0v) is 13.5. The number of piperazine rings is 1. The van der Waals surface area contributed by atoms with E-state index in [0.29, 0.717) is 25.5 Å². The SMILES string of the molecule is CC(C)CC1NC(=O)C(C)N(CC2CN(C)CCO2)C1=O. The van der Waals surface area contributed by atoms with E-state index in [0.717, 1.165) is 13.1 Å². The van der Waals surface area contributed by atoms with Gasteiger partial charge in [-0.1, -0.05) is 13.8 Å². The molecule has 0 aromatic heterocycles. The Kier molecular flexibility index (Phi) is 5.22. The minimum absolute atomic E-state index is 0.0132. The molecule has 2 aliphatic rings. The van der Waals surface area contributed by atoms with Gasteiger partial charge in [0.15, 0.2) is 0 Å². The van der Waals surface area contributed by atoms with Crippen molar-refractivity contribution < 1.29 is 14.3 Å². The summed E-state index contributed by atoms with van der Waals surface area (Å²) < 4.78 is 5.73. The summed E-state index contributed by atoms with van der Waals surface area (Å²) in [4.78, 5) is 28.6. The molecule has 0 aromatic rings. The Balaban J connectivity index is 2.04. The molecule has 0 saturated carbocycles. The van der Waals surface area contributed by atoms with Crippen LogP contribution in [0.1, 0.15) is 27.2 Å². The van der Waals surface area contributed by atoms with Crippen LogP contribution < -0.4 is 5.32 Å². The number of ether oxygens (including phenoxy) is 1. The van der Waals surface area contributed by atoms with Gasteiger partial charge in [0.1, 0.15) is 12.1 Å². The monoisotopic (exact) mass is 297 g/mol. The van der Waals surface area contributed by atoms with Gasteiger partial charge in [-0.25, -0.2) is 0 Å². The summed E-state index contributed by atoms with van der Waals surface area (Å²) in [5.41, 5.74) is 0. The maximum atomic E-state index is 12.6. The Morgan fingerprint density at radius 2 is 2.10 bits per heavy atom. The number of morpholine rings is 1. The van der Waals surface area contributed by atoms with Crippen LogP contribution >= 0.6 is 0 Å². The molecule has 1 N–H and O–H groups in total. The lowest BCUT2D eigenvalue weighted by molar-refractivity contribution is -0.152. The first-order chi connectivity index (χ1) is 9.88. The number of hydrogen-bond acceptors (Lipinski definition) is 4. The van der Waals surface area contributed by atoms with Gasteiger partial charge < -0.3 is 19.9 Å². The average molecular weight is 297 g/mol. The van der Waals surface area contributed by atoms with Gasteiger partial charge in [0, 0.05) is 19.6 Å². The smallest absolute Gasteiger partial charge is 0.245 e. The summed E-state index contributed by atoms with van der Waals surface area (Å²) in [5, 5.41) is 2.84. The third kappa shape index (κ3) is 3.95. The highest BCUT2D eigenvalue weighted by atomic mass is 16.5. The Bertz CT molecular complexity index is 400. The van der Waals surface area contributed by atoms with E-state index >= 15 is 0 Å². The second-order valence-corrected chi connectivity index (χ2v) is 6.61. The number of nitrogens with zero attached hydrogens (tertiary/aromatic N) is 2. The molecule has 2 fully saturated rings. The summed E-state index contributed by atoms with van der Waals surface area (Å²) in [6.07, 6.45) is 0.667. The summed E-state index contributed by atoms with van der Waals surface area (Å²) in [6, 6.07) is -0.813. The zero-order chi connectivity index (χ0) is 15.6. The minimum atomic E-state index is -0.420. The highest BCUT2D eigenvalue weighted by molar-refractivity contribution is 5.96. The average Bonchev–Trinajstić information content (AvgIpc) is 2.40. The molecule has 3 atom stereocenters. The molecule has 6 heteroatoms. The zero-order valence-electron chi connectivity index (χ0n) is 13.5. The Morgan fingerprint density at radius 3 is 2.71 bits per heavy atom. The fourth-order valence-electron chi connectivity index (χ4n) is 2.96. The first-order valence-corrected chi connectivity index (χ1v) is 7.79. The van der Waals surface area contributed by atoms with Gasteiger partial charge in [0.05, 0.1) is 12.7 Å². The first kappa shape index (κ1) is 16.2. The van der Waals surface area contributed by atoms with Gasteiger partial charge in [0.2, 0.25) is 11.8 Å². The lowest BCUT2D eigenvalue weighted by atomic mass is 9.98.